The molecule has 2 N–H and O–H groups in total. The number of carbonyl (C=O) groups is 1. The Balaban J connectivity index is 1.60. The summed E-state index contributed by atoms with van der Waals surface area (Å²) in [5.41, 5.74) is -3.97. The maximum absolute atomic E-state index is 12.4. The number of urea groups is 1. The van der Waals surface area contributed by atoms with E-state index in [2.05, 4.69) is 30.5 Å². The van der Waals surface area contributed by atoms with Gasteiger partial charge in [-0.2, -0.15) is 28.1 Å². The molecule has 0 saturated carbocycles. The van der Waals surface area contributed by atoms with E-state index in [-0.39, 0.29) is 23.2 Å². The first kappa shape index (κ1) is 21.9. The zero-order chi connectivity index (χ0) is 21.7. The Hall–Kier alpha value is -2.76. The molecule has 1 fully saturated rings. The van der Waals surface area contributed by atoms with Gasteiger partial charge >= 0.3 is 11.5 Å². The molecule has 0 unspecified atom stereocenters. The number of anilines is 3. The van der Waals surface area contributed by atoms with Gasteiger partial charge in [-0.1, -0.05) is 0 Å². The molecule has 0 bridgehead atoms. The normalized spacial score (nSPS) is 14.0. The van der Waals surface area contributed by atoms with E-state index in [1.807, 2.05) is 14.1 Å². The monoisotopic (exact) mass is 441 g/mol. The molecule has 0 radical (unpaired) electrons. The summed E-state index contributed by atoms with van der Waals surface area (Å²) < 4.78 is 37.1. The highest BCUT2D eigenvalue weighted by Gasteiger charge is 2.29. The molecule has 8 nitrogen and oxygen atoms in total. The first-order chi connectivity index (χ1) is 14.2. The zero-order valence-electron chi connectivity index (χ0n) is 16.5. The minimum Gasteiger partial charge on any atom is -0.347 e. The standard InChI is InChI=1S/C18H22F3N7OS/c1-27(2)15-24-14(25-16(26-15)28-9-3-4-10-28)11-22-17(29)23-12-5-7-13(8-6-12)30-18(19,20)21/h5-8H,3-4,9-11H2,1-2H3,(H2,22,23,29). The van der Waals surface area contributed by atoms with Crippen molar-refractivity contribution in [3.63, 3.8) is 0 Å². The number of alkyl halides is 3. The third kappa shape index (κ3) is 6.37. The van der Waals surface area contributed by atoms with Gasteiger partial charge < -0.3 is 20.4 Å². The molecule has 0 aliphatic carbocycles. The van der Waals surface area contributed by atoms with Gasteiger partial charge in [0.2, 0.25) is 11.9 Å². The maximum Gasteiger partial charge on any atom is 0.446 e. The second kappa shape index (κ2) is 9.37. The average Bonchev–Trinajstić information content (AvgIpc) is 3.21. The number of hydrogen-bond donors (Lipinski definition) is 2. The van der Waals surface area contributed by atoms with Crippen LogP contribution in [0, 0.1) is 0 Å². The molecule has 1 aromatic heterocycles. The molecule has 2 aromatic rings. The largest absolute Gasteiger partial charge is 0.446 e. The van der Waals surface area contributed by atoms with E-state index in [0.29, 0.717) is 23.4 Å². The number of thioether (sulfide) groups is 1. The Kier molecular flexibility index (Phi) is 6.85. The number of carbonyl (C=O) groups excluding carboxylic acids is 1. The number of hydrogen-bond acceptors (Lipinski definition) is 7. The molecule has 2 amide bonds. The first-order valence-electron chi connectivity index (χ1n) is 9.27. The highest BCUT2D eigenvalue weighted by Crippen LogP contribution is 2.37. The fourth-order valence-corrected chi connectivity index (χ4v) is 3.35. The van der Waals surface area contributed by atoms with E-state index in [1.54, 1.807) is 4.90 Å². The van der Waals surface area contributed by atoms with Gasteiger partial charge in [-0.25, -0.2) is 4.79 Å². The Bertz CT molecular complexity index is 871. The van der Waals surface area contributed by atoms with Crippen LogP contribution in [0.5, 0.6) is 0 Å². The molecule has 3 rings (SSSR count). The lowest BCUT2D eigenvalue weighted by atomic mass is 10.3. The van der Waals surface area contributed by atoms with Crippen LogP contribution in [0.25, 0.3) is 0 Å². The number of nitrogens with one attached hydrogen (secondary N) is 2. The molecule has 1 aliphatic rings. The zero-order valence-corrected chi connectivity index (χ0v) is 17.3. The summed E-state index contributed by atoms with van der Waals surface area (Å²) in [5, 5.41) is 5.24. The average molecular weight is 441 g/mol. The van der Waals surface area contributed by atoms with Crippen molar-refractivity contribution >= 4 is 35.4 Å². The van der Waals surface area contributed by atoms with Crippen molar-refractivity contribution in [2.45, 2.75) is 29.8 Å². The predicted molar refractivity (Wildman–Crippen MR) is 110 cm³/mol. The quantitative estimate of drug-likeness (QED) is 0.664. The number of benzene rings is 1. The molecule has 162 valence electrons. The molecule has 1 aliphatic heterocycles. The van der Waals surface area contributed by atoms with Gasteiger partial charge in [0.1, 0.15) is 0 Å². The molecular formula is C18H22F3N7OS. The molecule has 2 heterocycles. The summed E-state index contributed by atoms with van der Waals surface area (Å²) in [5.74, 6) is 1.51. The van der Waals surface area contributed by atoms with Crippen molar-refractivity contribution < 1.29 is 18.0 Å². The van der Waals surface area contributed by atoms with Crippen LogP contribution < -0.4 is 20.4 Å². The second-order valence-electron chi connectivity index (χ2n) is 6.82. The number of nitrogens with zero attached hydrogens (tertiary/aromatic N) is 5. The van der Waals surface area contributed by atoms with Crippen molar-refractivity contribution in [2.24, 2.45) is 0 Å². The van der Waals surface area contributed by atoms with Crippen molar-refractivity contribution in [1.82, 2.24) is 20.3 Å². The highest BCUT2D eigenvalue weighted by atomic mass is 32.2. The van der Waals surface area contributed by atoms with E-state index < -0.39 is 11.5 Å². The summed E-state index contributed by atoms with van der Waals surface area (Å²) in [4.78, 5) is 29.3. The van der Waals surface area contributed by atoms with Crippen molar-refractivity contribution in [3.8, 4) is 0 Å². The summed E-state index contributed by atoms with van der Waals surface area (Å²) >= 11 is -0.208. The number of rotatable bonds is 6. The number of aromatic nitrogens is 3. The van der Waals surface area contributed by atoms with Crippen LogP contribution >= 0.6 is 11.8 Å². The van der Waals surface area contributed by atoms with Crippen LogP contribution in [-0.2, 0) is 6.54 Å². The van der Waals surface area contributed by atoms with E-state index >= 15 is 0 Å². The molecule has 1 saturated heterocycles. The fourth-order valence-electron chi connectivity index (χ4n) is 2.81. The smallest absolute Gasteiger partial charge is 0.347 e. The number of amides is 2. The Labute approximate surface area is 176 Å². The van der Waals surface area contributed by atoms with Gasteiger partial charge in [0.15, 0.2) is 5.82 Å². The maximum atomic E-state index is 12.4. The van der Waals surface area contributed by atoms with E-state index in [4.69, 9.17) is 0 Å². The summed E-state index contributed by atoms with van der Waals surface area (Å²) in [7, 11) is 3.65. The van der Waals surface area contributed by atoms with Gasteiger partial charge in [-0.3, -0.25) is 0 Å². The Morgan fingerprint density at radius 3 is 2.40 bits per heavy atom. The van der Waals surface area contributed by atoms with E-state index in [0.717, 1.165) is 25.9 Å². The van der Waals surface area contributed by atoms with Crippen molar-refractivity contribution in [3.05, 3.63) is 30.1 Å². The van der Waals surface area contributed by atoms with Crippen molar-refractivity contribution in [2.75, 3.05) is 42.3 Å². The van der Waals surface area contributed by atoms with Gasteiger partial charge in [0.05, 0.1) is 6.54 Å². The number of halogens is 3. The molecule has 12 heteroatoms. The third-order valence-corrected chi connectivity index (χ3v) is 4.94. The molecule has 1 aromatic carbocycles. The lowest BCUT2D eigenvalue weighted by molar-refractivity contribution is -0.0328. The van der Waals surface area contributed by atoms with Crippen LogP contribution in [0.2, 0.25) is 0 Å². The SMILES string of the molecule is CN(C)c1nc(CNC(=O)Nc2ccc(SC(F)(F)F)cc2)nc(N2CCCC2)n1. The second-order valence-corrected chi connectivity index (χ2v) is 7.96. The Morgan fingerprint density at radius 1 is 1.13 bits per heavy atom. The van der Waals surface area contributed by atoms with Crippen LogP contribution in [-0.4, -0.2) is 53.7 Å². The van der Waals surface area contributed by atoms with Gasteiger partial charge in [-0.15, -0.1) is 0 Å². The summed E-state index contributed by atoms with van der Waals surface area (Å²) in [6.45, 7) is 1.84. The van der Waals surface area contributed by atoms with Gasteiger partial charge in [-0.05, 0) is 48.9 Å². The van der Waals surface area contributed by atoms with Gasteiger partial charge in [0, 0.05) is 37.8 Å². The molecular weight excluding hydrogens is 419 g/mol. The minimum absolute atomic E-state index is 0.0456. The van der Waals surface area contributed by atoms with Gasteiger partial charge in [0.25, 0.3) is 0 Å². The van der Waals surface area contributed by atoms with Crippen molar-refractivity contribution in [1.29, 1.82) is 0 Å². The van der Waals surface area contributed by atoms with Crippen LogP contribution in [0.1, 0.15) is 18.7 Å². The van der Waals surface area contributed by atoms with E-state index in [9.17, 15) is 18.0 Å². The van der Waals surface area contributed by atoms with Crippen LogP contribution in [0.3, 0.4) is 0 Å². The highest BCUT2D eigenvalue weighted by molar-refractivity contribution is 8.00. The van der Waals surface area contributed by atoms with Crippen LogP contribution in [0.15, 0.2) is 29.2 Å². The minimum atomic E-state index is -4.35. The topological polar surface area (TPSA) is 86.3 Å². The molecule has 0 spiro atoms. The van der Waals surface area contributed by atoms with E-state index in [1.165, 1.54) is 24.3 Å². The predicted octanol–water partition coefficient (Wildman–Crippen LogP) is 3.47. The molecule has 30 heavy (non-hydrogen) atoms. The van der Waals surface area contributed by atoms with Crippen LogP contribution in [0.4, 0.5) is 35.5 Å². The first-order valence-corrected chi connectivity index (χ1v) is 10.1. The summed E-state index contributed by atoms with van der Waals surface area (Å²) in [6.07, 6.45) is 2.17. The Morgan fingerprint density at radius 2 is 1.80 bits per heavy atom. The molecule has 0 atom stereocenters. The third-order valence-electron chi connectivity index (χ3n) is 4.20. The lowest BCUT2D eigenvalue weighted by Gasteiger charge is -2.19. The fraction of sp³-hybridized carbons (Fsp3) is 0.444. The lowest BCUT2D eigenvalue weighted by Crippen LogP contribution is -2.30. The summed E-state index contributed by atoms with van der Waals surface area (Å²) in [6, 6.07) is 4.90.